The second kappa shape index (κ2) is 3.79. The molecule has 0 aliphatic carbocycles. The molecule has 4 nitrogen and oxygen atoms in total. The zero-order chi connectivity index (χ0) is 11.8. The summed E-state index contributed by atoms with van der Waals surface area (Å²) in [6, 6.07) is 2.17. The highest BCUT2D eigenvalue weighted by Crippen LogP contribution is 2.25. The molecule has 0 radical (unpaired) electrons. The molecule has 1 aromatic rings. The van der Waals surface area contributed by atoms with E-state index >= 15 is 0 Å². The number of halogens is 2. The van der Waals surface area contributed by atoms with Crippen LogP contribution in [0.1, 0.15) is 15.9 Å². The van der Waals surface area contributed by atoms with Crippen molar-refractivity contribution < 1.29 is 22.7 Å². The van der Waals surface area contributed by atoms with Crippen LogP contribution in [-0.2, 0) is 9.05 Å². The van der Waals surface area contributed by atoms with Crippen molar-refractivity contribution in [2.24, 2.45) is 0 Å². The number of carboxylic acid groups (broad SMARTS) is 1. The zero-order valence-electron chi connectivity index (χ0n) is 7.49. The summed E-state index contributed by atoms with van der Waals surface area (Å²) in [5.74, 6) is -2.68. The largest absolute Gasteiger partial charge is 0.478 e. The van der Waals surface area contributed by atoms with Crippen LogP contribution in [0.2, 0.25) is 0 Å². The number of hydrogen-bond donors (Lipinski definition) is 1. The highest BCUT2D eigenvalue weighted by atomic mass is 35.7. The summed E-state index contributed by atoms with van der Waals surface area (Å²) in [4.78, 5) is 9.65. The Morgan fingerprint density at radius 3 is 2.40 bits per heavy atom. The van der Waals surface area contributed by atoms with Crippen molar-refractivity contribution >= 4 is 25.7 Å². The third-order valence-electron chi connectivity index (χ3n) is 1.76. The van der Waals surface area contributed by atoms with Crippen LogP contribution in [0.4, 0.5) is 4.39 Å². The molecule has 0 saturated carbocycles. The van der Waals surface area contributed by atoms with Crippen molar-refractivity contribution in [3.05, 3.63) is 29.1 Å². The van der Waals surface area contributed by atoms with Crippen LogP contribution in [0.15, 0.2) is 17.0 Å². The van der Waals surface area contributed by atoms with Crippen molar-refractivity contribution in [2.45, 2.75) is 11.8 Å². The normalized spacial score (nSPS) is 11.4. The molecule has 0 heterocycles. The molecule has 0 saturated heterocycles. The number of aromatic carboxylic acids is 1. The lowest BCUT2D eigenvalue weighted by atomic mass is 10.1. The van der Waals surface area contributed by atoms with Crippen LogP contribution < -0.4 is 0 Å². The van der Waals surface area contributed by atoms with Gasteiger partial charge in [0.15, 0.2) is 0 Å². The van der Waals surface area contributed by atoms with Gasteiger partial charge in [-0.15, -0.1) is 0 Å². The molecule has 1 rings (SSSR count). The van der Waals surface area contributed by atoms with Gasteiger partial charge in [-0.2, -0.15) is 0 Å². The van der Waals surface area contributed by atoms with Gasteiger partial charge in [-0.25, -0.2) is 17.6 Å². The Hall–Kier alpha value is -1.14. The number of carbonyl (C=O) groups is 1. The Bertz CT molecular complexity index is 524. The number of hydrogen-bond acceptors (Lipinski definition) is 3. The van der Waals surface area contributed by atoms with Gasteiger partial charge in [0.1, 0.15) is 10.7 Å². The Kier molecular flexibility index (Phi) is 3.01. The van der Waals surface area contributed by atoms with E-state index in [1.165, 1.54) is 13.0 Å². The van der Waals surface area contributed by atoms with Gasteiger partial charge in [-0.05, 0) is 18.6 Å². The maximum Gasteiger partial charge on any atom is 0.337 e. The maximum atomic E-state index is 13.4. The minimum Gasteiger partial charge on any atom is -0.478 e. The fourth-order valence-corrected chi connectivity index (χ4v) is 2.31. The highest BCUT2D eigenvalue weighted by molar-refractivity contribution is 8.13. The Morgan fingerprint density at radius 2 is 2.00 bits per heavy atom. The van der Waals surface area contributed by atoms with Gasteiger partial charge in [0, 0.05) is 10.7 Å². The number of aryl methyl sites for hydroxylation is 1. The molecule has 0 atom stereocenters. The SMILES string of the molecule is Cc1ccc(C(=O)O)c(S(=O)(=O)Cl)c1F. The number of carboxylic acids is 1. The Morgan fingerprint density at radius 1 is 1.47 bits per heavy atom. The highest BCUT2D eigenvalue weighted by Gasteiger charge is 2.25. The average Bonchev–Trinajstić information content (AvgIpc) is 2.06. The molecule has 0 aliphatic heterocycles. The van der Waals surface area contributed by atoms with Crippen molar-refractivity contribution in [3.63, 3.8) is 0 Å². The van der Waals surface area contributed by atoms with Crippen molar-refractivity contribution in [3.8, 4) is 0 Å². The summed E-state index contributed by atoms with van der Waals surface area (Å²) < 4.78 is 35.4. The molecule has 15 heavy (non-hydrogen) atoms. The minimum atomic E-state index is -4.42. The molecule has 0 aromatic heterocycles. The summed E-state index contributed by atoms with van der Waals surface area (Å²) in [6.07, 6.45) is 0. The first-order valence-corrected chi connectivity index (χ1v) is 6.03. The Labute approximate surface area is 89.7 Å². The molecular formula is C8H6ClFO4S. The van der Waals surface area contributed by atoms with E-state index in [1.54, 1.807) is 0 Å². The van der Waals surface area contributed by atoms with Gasteiger partial charge in [-0.1, -0.05) is 6.07 Å². The van der Waals surface area contributed by atoms with Gasteiger partial charge in [0.25, 0.3) is 9.05 Å². The smallest absolute Gasteiger partial charge is 0.337 e. The summed E-state index contributed by atoms with van der Waals surface area (Å²) >= 11 is 0. The van der Waals surface area contributed by atoms with Crippen LogP contribution in [0.5, 0.6) is 0 Å². The predicted octanol–water partition coefficient (Wildman–Crippen LogP) is 1.76. The molecule has 0 bridgehead atoms. The van der Waals surface area contributed by atoms with E-state index in [1.807, 2.05) is 0 Å². The van der Waals surface area contributed by atoms with E-state index in [0.29, 0.717) is 0 Å². The third-order valence-corrected chi connectivity index (χ3v) is 3.11. The molecule has 0 unspecified atom stereocenters. The molecule has 0 amide bonds. The van der Waals surface area contributed by atoms with Crippen molar-refractivity contribution in [1.29, 1.82) is 0 Å². The summed E-state index contributed by atoms with van der Waals surface area (Å²) in [5, 5.41) is 8.65. The summed E-state index contributed by atoms with van der Waals surface area (Å²) in [5.41, 5.74) is -0.660. The summed E-state index contributed by atoms with van der Waals surface area (Å²) in [7, 11) is 0.539. The first-order valence-electron chi connectivity index (χ1n) is 3.72. The van der Waals surface area contributed by atoms with E-state index in [0.717, 1.165) is 6.07 Å². The predicted molar refractivity (Wildman–Crippen MR) is 51.1 cm³/mol. The van der Waals surface area contributed by atoms with E-state index in [9.17, 15) is 17.6 Å². The quantitative estimate of drug-likeness (QED) is 0.814. The second-order valence-electron chi connectivity index (χ2n) is 2.82. The lowest BCUT2D eigenvalue weighted by Crippen LogP contribution is -2.08. The summed E-state index contributed by atoms with van der Waals surface area (Å²) in [6.45, 7) is 1.31. The second-order valence-corrected chi connectivity index (χ2v) is 5.32. The van der Waals surface area contributed by atoms with Gasteiger partial charge >= 0.3 is 5.97 Å². The van der Waals surface area contributed by atoms with E-state index in [-0.39, 0.29) is 5.56 Å². The third kappa shape index (κ3) is 2.27. The van der Waals surface area contributed by atoms with E-state index in [4.69, 9.17) is 15.8 Å². The van der Waals surface area contributed by atoms with Crippen LogP contribution in [0.3, 0.4) is 0 Å². The maximum absolute atomic E-state index is 13.4. The molecule has 7 heteroatoms. The molecular weight excluding hydrogens is 247 g/mol. The molecule has 0 aliphatic rings. The van der Waals surface area contributed by atoms with Gasteiger partial charge < -0.3 is 5.11 Å². The van der Waals surface area contributed by atoms with Crippen molar-refractivity contribution in [2.75, 3.05) is 0 Å². The van der Waals surface area contributed by atoms with Crippen LogP contribution in [0.25, 0.3) is 0 Å². The van der Waals surface area contributed by atoms with E-state index in [2.05, 4.69) is 0 Å². The van der Waals surface area contributed by atoms with Crippen LogP contribution in [-0.4, -0.2) is 19.5 Å². The fourth-order valence-electron chi connectivity index (χ4n) is 1.06. The fraction of sp³-hybridized carbons (Fsp3) is 0.125. The van der Waals surface area contributed by atoms with Gasteiger partial charge in [0.2, 0.25) is 0 Å². The Balaban J connectivity index is 3.72. The van der Waals surface area contributed by atoms with E-state index < -0.39 is 31.3 Å². The molecule has 0 fully saturated rings. The minimum absolute atomic E-state index is 0.0132. The molecule has 82 valence electrons. The van der Waals surface area contributed by atoms with Crippen molar-refractivity contribution in [1.82, 2.24) is 0 Å². The molecule has 1 aromatic carbocycles. The number of rotatable bonds is 2. The van der Waals surface area contributed by atoms with Gasteiger partial charge in [0.05, 0.1) is 5.56 Å². The standard InChI is InChI=1S/C8H6ClFO4S/c1-4-2-3-5(8(11)12)7(6(4)10)15(9,13)14/h2-3H,1H3,(H,11,12). The average molecular weight is 253 g/mol. The van der Waals surface area contributed by atoms with Crippen LogP contribution >= 0.6 is 10.7 Å². The molecule has 1 N–H and O–H groups in total. The monoisotopic (exact) mass is 252 g/mol. The first kappa shape index (κ1) is 11.9. The molecule has 0 spiro atoms. The zero-order valence-corrected chi connectivity index (χ0v) is 9.06. The first-order chi connectivity index (χ1) is 6.75. The number of benzene rings is 1. The van der Waals surface area contributed by atoms with Crippen LogP contribution in [0, 0.1) is 12.7 Å². The topological polar surface area (TPSA) is 71.4 Å². The lowest BCUT2D eigenvalue weighted by Gasteiger charge is -2.05. The van der Waals surface area contributed by atoms with Gasteiger partial charge in [-0.3, -0.25) is 0 Å². The lowest BCUT2D eigenvalue weighted by molar-refractivity contribution is 0.0691.